The van der Waals surface area contributed by atoms with Gasteiger partial charge in [0.1, 0.15) is 0 Å². The van der Waals surface area contributed by atoms with Gasteiger partial charge < -0.3 is 11.5 Å². The Kier molecular flexibility index (Phi) is 6.51. The van der Waals surface area contributed by atoms with Gasteiger partial charge in [0.15, 0.2) is 5.11 Å². The molecule has 3 heteroatoms. The highest BCUT2D eigenvalue weighted by molar-refractivity contribution is 7.80. The first-order valence-corrected chi connectivity index (χ1v) is 1.19. The normalized spacial score (nSPS) is 4.80. The topological polar surface area (TPSA) is 52.0 Å². The predicted octanol–water partition coefficient (Wildman–Crippen LogP) is -0.730. The van der Waals surface area contributed by atoms with E-state index < -0.39 is 0 Å². The van der Waals surface area contributed by atoms with E-state index in [0.717, 1.165) is 0 Å². The van der Waals surface area contributed by atoms with Crippen LogP contribution in [-0.2, 0) is 0 Å². The molecule has 0 aliphatic rings. The van der Waals surface area contributed by atoms with Gasteiger partial charge in [0.2, 0.25) is 0 Å². The molecule has 2 nitrogen and oxygen atoms in total. The fraction of sp³-hybridized carbons (Fsp3) is 0. The van der Waals surface area contributed by atoms with E-state index in [1.807, 2.05) is 0 Å². The highest BCUT2D eigenvalue weighted by Crippen LogP contribution is 1.32. The largest absolute Gasteiger partial charge is 0.377 e. The average Bonchev–Trinajstić information content (AvgIpc) is 0.811. The number of hydrogen-bond donors (Lipinski definition) is 2. The van der Waals surface area contributed by atoms with Crippen LogP contribution in [0, 0.1) is 7.43 Å². The summed E-state index contributed by atoms with van der Waals surface area (Å²) >= 11 is 4.09. The lowest BCUT2D eigenvalue weighted by atomic mass is 11.3. The van der Waals surface area contributed by atoms with Gasteiger partial charge >= 0.3 is 0 Å². The number of hydrogen-bond acceptors (Lipinski definition) is 1. The highest BCUT2D eigenvalue weighted by Gasteiger charge is 1.53. The molecule has 0 aromatic heterocycles. The van der Waals surface area contributed by atoms with Crippen LogP contribution in [0.5, 0.6) is 0 Å². The zero-order valence-electron chi connectivity index (χ0n) is 2.56. The Morgan fingerprint density at radius 2 is 1.40 bits per heavy atom. The van der Waals surface area contributed by atoms with Crippen LogP contribution >= 0.6 is 12.2 Å². The molecular formula is C2H4N2S. The Morgan fingerprint density at radius 1 is 1.40 bits per heavy atom. The van der Waals surface area contributed by atoms with Crippen LogP contribution in [0.4, 0.5) is 0 Å². The maximum absolute atomic E-state index is 4.62. The summed E-state index contributed by atoms with van der Waals surface area (Å²) in [5, 5.41) is 0.000000000000000222. The second kappa shape index (κ2) is 3.69. The van der Waals surface area contributed by atoms with Crippen LogP contribution in [0.1, 0.15) is 0 Å². The van der Waals surface area contributed by atoms with Crippen LogP contribution in [0.25, 0.3) is 0 Å². The first kappa shape index (κ1) is 8.83. The minimum absolute atomic E-state index is 0. The van der Waals surface area contributed by atoms with Crippen molar-refractivity contribution in [3.63, 3.8) is 0 Å². The molecule has 0 aliphatic heterocycles. The van der Waals surface area contributed by atoms with Crippen molar-refractivity contribution in [2.24, 2.45) is 11.5 Å². The molecule has 4 radical (unpaired) electrons. The van der Waals surface area contributed by atoms with Crippen molar-refractivity contribution < 1.29 is 0 Å². The van der Waals surface area contributed by atoms with E-state index in [2.05, 4.69) is 23.7 Å². The van der Waals surface area contributed by atoms with Crippen molar-refractivity contribution in [1.29, 1.82) is 0 Å². The Hall–Kier alpha value is -0.310. The summed E-state index contributed by atoms with van der Waals surface area (Å²) in [6, 6.07) is 0. The maximum Gasteiger partial charge on any atom is 0.160 e. The zero-order valence-corrected chi connectivity index (χ0v) is 3.38. The average molecular weight is 88.1 g/mol. The lowest BCUT2D eigenvalue weighted by Crippen LogP contribution is -2.18. The van der Waals surface area contributed by atoms with E-state index >= 15 is 0 Å². The minimum Gasteiger partial charge on any atom is -0.377 e. The second-order valence-electron chi connectivity index (χ2n) is 0.402. The van der Waals surface area contributed by atoms with E-state index in [1.165, 1.54) is 0 Å². The van der Waals surface area contributed by atoms with Gasteiger partial charge in [-0.1, -0.05) is 0 Å². The van der Waals surface area contributed by atoms with Gasteiger partial charge in [-0.15, -0.1) is 0 Å². The molecule has 0 saturated carbocycles. The summed E-state index contributed by atoms with van der Waals surface area (Å²) in [4.78, 5) is 0. The zero-order chi connectivity index (χ0) is 3.58. The van der Waals surface area contributed by atoms with E-state index in [9.17, 15) is 0 Å². The lowest BCUT2D eigenvalue weighted by Gasteiger charge is -1.68. The third-order valence-corrected chi connectivity index (χ3v) is 0. The van der Waals surface area contributed by atoms with Crippen molar-refractivity contribution in [3.8, 4) is 0 Å². The molecule has 5 heavy (non-hydrogen) atoms. The van der Waals surface area contributed by atoms with Gasteiger partial charge in [-0.25, -0.2) is 0 Å². The van der Waals surface area contributed by atoms with Crippen molar-refractivity contribution in [2.75, 3.05) is 0 Å². The predicted molar refractivity (Wildman–Crippen MR) is 24.2 cm³/mol. The summed E-state index contributed by atoms with van der Waals surface area (Å²) in [6.45, 7) is 0. The first-order chi connectivity index (χ1) is 1.73. The molecule has 0 amide bonds. The van der Waals surface area contributed by atoms with E-state index in [0.29, 0.717) is 0 Å². The molecule has 0 atom stereocenters. The quantitative estimate of drug-likeness (QED) is 0.384. The molecule has 0 aromatic rings. The van der Waals surface area contributed by atoms with Crippen LogP contribution < -0.4 is 11.5 Å². The number of nitrogens with two attached hydrogens (primary N) is 2. The van der Waals surface area contributed by atoms with Crippen molar-refractivity contribution >= 4 is 17.3 Å². The van der Waals surface area contributed by atoms with Gasteiger partial charge in [0.25, 0.3) is 0 Å². The number of rotatable bonds is 0. The third-order valence-electron chi connectivity index (χ3n) is 0. The van der Waals surface area contributed by atoms with Crippen molar-refractivity contribution in [1.82, 2.24) is 0 Å². The SMILES string of the molecule is NC(N)=S.[C]. The second-order valence-corrected chi connectivity index (χ2v) is 0.874. The van der Waals surface area contributed by atoms with Gasteiger partial charge in [-0.05, 0) is 12.2 Å². The first-order valence-electron chi connectivity index (χ1n) is 0.781. The van der Waals surface area contributed by atoms with Gasteiger partial charge in [0, 0.05) is 7.43 Å². The summed E-state index contributed by atoms with van der Waals surface area (Å²) in [6.07, 6.45) is 0. The van der Waals surface area contributed by atoms with Crippen LogP contribution in [0.15, 0.2) is 0 Å². The smallest absolute Gasteiger partial charge is 0.160 e. The third kappa shape index (κ3) is 110. The Morgan fingerprint density at radius 3 is 1.40 bits per heavy atom. The molecule has 4 N–H and O–H groups in total. The highest BCUT2D eigenvalue weighted by atomic mass is 32.1. The fourth-order valence-electron chi connectivity index (χ4n) is 0. The fourth-order valence-corrected chi connectivity index (χ4v) is 0. The molecule has 0 fully saturated rings. The standard InChI is InChI=1S/CH4N2S.C/c2-1(3)4;/h(H4,2,3,4);. The Labute approximate surface area is 37.1 Å². The molecule has 28 valence electrons. The molecule has 0 rings (SSSR count). The van der Waals surface area contributed by atoms with E-state index in [-0.39, 0.29) is 12.5 Å². The summed E-state index contributed by atoms with van der Waals surface area (Å²) in [5.74, 6) is 0. The van der Waals surface area contributed by atoms with Crippen LogP contribution in [0.3, 0.4) is 0 Å². The van der Waals surface area contributed by atoms with E-state index in [1.54, 1.807) is 0 Å². The van der Waals surface area contributed by atoms with Crippen LogP contribution in [-0.4, -0.2) is 5.11 Å². The van der Waals surface area contributed by atoms with Crippen LogP contribution in [0.2, 0.25) is 0 Å². The van der Waals surface area contributed by atoms with Crippen molar-refractivity contribution in [2.45, 2.75) is 0 Å². The van der Waals surface area contributed by atoms with Gasteiger partial charge in [-0.2, -0.15) is 0 Å². The molecule has 0 spiro atoms. The summed E-state index contributed by atoms with van der Waals surface area (Å²) in [5.41, 5.74) is 9.24. The van der Waals surface area contributed by atoms with Crippen molar-refractivity contribution in [3.05, 3.63) is 7.43 Å². The molecule has 0 heterocycles. The minimum atomic E-state index is 0. The molecule has 0 unspecified atom stereocenters. The lowest BCUT2D eigenvalue weighted by molar-refractivity contribution is 1.65. The molecular weight excluding hydrogens is 84.1 g/mol. The molecule has 0 bridgehead atoms. The summed E-state index contributed by atoms with van der Waals surface area (Å²) < 4.78 is 0. The van der Waals surface area contributed by atoms with Gasteiger partial charge in [-0.3, -0.25) is 0 Å². The molecule has 0 saturated heterocycles. The number of thiocarbonyl (C=S) groups is 1. The monoisotopic (exact) mass is 88.0 g/mol. The maximum atomic E-state index is 4.62. The molecule has 0 aromatic carbocycles. The summed E-state index contributed by atoms with van der Waals surface area (Å²) in [7, 11) is 0. The van der Waals surface area contributed by atoms with E-state index in [4.69, 9.17) is 0 Å². The molecule has 0 aliphatic carbocycles. The van der Waals surface area contributed by atoms with Gasteiger partial charge in [0.05, 0.1) is 0 Å². The Balaban J connectivity index is 0. The Bertz CT molecular complexity index is 30.6.